The number of benzene rings is 2. The molecule has 5 rings (SSSR count). The van der Waals surface area contributed by atoms with Crippen LogP contribution in [0.4, 0.5) is 13.2 Å². The van der Waals surface area contributed by atoms with Gasteiger partial charge in [-0.05, 0) is 67.4 Å². The third-order valence-electron chi connectivity index (χ3n) is 7.71. The van der Waals surface area contributed by atoms with Crippen LogP contribution < -0.4 is 0 Å². The van der Waals surface area contributed by atoms with Gasteiger partial charge in [0.05, 0.1) is 10.6 Å². The number of fused-ring (bicyclic) bond motifs is 1. The average molecular weight is 561 g/mol. The van der Waals surface area contributed by atoms with Crippen LogP contribution in [0.25, 0.3) is 16.2 Å². The Labute approximate surface area is 228 Å². The van der Waals surface area contributed by atoms with Gasteiger partial charge in [-0.25, -0.2) is 0 Å². The molecule has 3 heterocycles. The maximum Gasteiger partial charge on any atom is 0.416 e. The molecule has 0 atom stereocenters. The predicted molar refractivity (Wildman–Crippen MR) is 145 cm³/mol. The number of hydrogen-bond acceptors (Lipinski definition) is 3. The van der Waals surface area contributed by atoms with Crippen molar-refractivity contribution in [2.45, 2.75) is 31.9 Å². The van der Waals surface area contributed by atoms with Crippen LogP contribution >= 0.6 is 22.9 Å². The lowest BCUT2D eigenvalue weighted by Crippen LogP contribution is -2.43. The van der Waals surface area contributed by atoms with Gasteiger partial charge in [0.1, 0.15) is 4.88 Å². The van der Waals surface area contributed by atoms with E-state index in [4.69, 9.17) is 11.6 Å². The predicted octanol–water partition coefficient (Wildman–Crippen LogP) is 7.38. The molecular weight excluding hydrogens is 533 g/mol. The van der Waals surface area contributed by atoms with Crippen molar-refractivity contribution in [2.24, 2.45) is 11.8 Å². The van der Waals surface area contributed by atoms with E-state index in [1.54, 1.807) is 11.0 Å². The maximum atomic E-state index is 13.2. The van der Waals surface area contributed by atoms with Crippen LogP contribution in [-0.4, -0.2) is 47.8 Å². The van der Waals surface area contributed by atoms with Gasteiger partial charge in [-0.15, -0.1) is 11.3 Å². The van der Waals surface area contributed by atoms with E-state index < -0.39 is 11.7 Å². The van der Waals surface area contributed by atoms with E-state index in [1.165, 1.54) is 29.6 Å². The highest BCUT2D eigenvalue weighted by atomic mass is 35.5. The van der Waals surface area contributed by atoms with Gasteiger partial charge in [0.15, 0.2) is 0 Å². The molecule has 1 aromatic heterocycles. The molecule has 2 aliphatic rings. The number of likely N-dealkylation sites (tertiary alicyclic amines) is 2. The van der Waals surface area contributed by atoms with E-state index in [9.17, 15) is 22.8 Å². The highest BCUT2D eigenvalue weighted by Gasteiger charge is 2.33. The molecular formula is C29H28ClF3N2O2S. The number of halogens is 4. The van der Waals surface area contributed by atoms with Crippen LogP contribution in [0.5, 0.6) is 0 Å². The molecule has 2 aromatic carbocycles. The molecule has 2 fully saturated rings. The Hall–Kier alpha value is -2.84. The van der Waals surface area contributed by atoms with Crippen molar-refractivity contribution in [3.8, 4) is 0 Å². The van der Waals surface area contributed by atoms with Crippen LogP contribution in [0, 0.1) is 11.8 Å². The molecule has 0 aliphatic carbocycles. The number of amides is 2. The quantitative estimate of drug-likeness (QED) is 0.312. The maximum absolute atomic E-state index is 13.2. The number of carbonyl (C=O) groups excluding carboxylic acids is 2. The highest BCUT2D eigenvalue weighted by Crippen LogP contribution is 2.38. The van der Waals surface area contributed by atoms with Crippen LogP contribution in [0.15, 0.2) is 54.6 Å². The molecule has 0 spiro atoms. The molecule has 0 saturated carbocycles. The van der Waals surface area contributed by atoms with Crippen molar-refractivity contribution in [1.82, 2.24) is 9.80 Å². The van der Waals surface area contributed by atoms with Gasteiger partial charge < -0.3 is 9.80 Å². The molecule has 0 unspecified atom stereocenters. The summed E-state index contributed by atoms with van der Waals surface area (Å²) < 4.78 is 39.8. The lowest BCUT2D eigenvalue weighted by molar-refractivity contribution is -0.137. The van der Waals surface area contributed by atoms with Gasteiger partial charge in [-0.1, -0.05) is 41.9 Å². The van der Waals surface area contributed by atoms with Crippen molar-refractivity contribution in [3.05, 3.63) is 75.6 Å². The fraction of sp³-hybridized carbons (Fsp3) is 0.379. The minimum Gasteiger partial charge on any atom is -0.339 e. The zero-order valence-corrected chi connectivity index (χ0v) is 22.3. The molecule has 0 bridgehead atoms. The molecule has 3 aromatic rings. The van der Waals surface area contributed by atoms with Crippen molar-refractivity contribution in [3.63, 3.8) is 0 Å². The number of thiophene rings is 1. The van der Waals surface area contributed by atoms with Crippen LogP contribution in [0.1, 0.15) is 46.5 Å². The van der Waals surface area contributed by atoms with Gasteiger partial charge in [-0.2, -0.15) is 13.2 Å². The standard InChI is InChI=1S/C29H28ClF3N2O2S/c30-26-23-6-1-2-7-24(23)38-27(26)28(37)35-16-12-21(13-17-35)20-10-14-34(15-11-20)25(36)9-8-19-4-3-5-22(18-19)29(31,32)33/h1-9,18,20-21H,10-17H2. The summed E-state index contributed by atoms with van der Waals surface area (Å²) >= 11 is 7.97. The summed E-state index contributed by atoms with van der Waals surface area (Å²) in [5, 5.41) is 1.46. The third-order valence-corrected chi connectivity index (χ3v) is 9.37. The van der Waals surface area contributed by atoms with Gasteiger partial charge in [0, 0.05) is 42.3 Å². The number of alkyl halides is 3. The van der Waals surface area contributed by atoms with Gasteiger partial charge in [0.25, 0.3) is 5.91 Å². The van der Waals surface area contributed by atoms with Gasteiger partial charge >= 0.3 is 6.18 Å². The van der Waals surface area contributed by atoms with Crippen LogP contribution in [0.3, 0.4) is 0 Å². The molecule has 9 heteroatoms. The van der Waals surface area contributed by atoms with Crippen molar-refractivity contribution < 1.29 is 22.8 Å². The summed E-state index contributed by atoms with van der Waals surface area (Å²) in [5.41, 5.74) is -0.381. The molecule has 38 heavy (non-hydrogen) atoms. The molecule has 200 valence electrons. The Morgan fingerprint density at radius 1 is 0.895 bits per heavy atom. The second kappa shape index (κ2) is 11.1. The molecule has 2 saturated heterocycles. The Balaban J connectivity index is 1.11. The fourth-order valence-electron chi connectivity index (χ4n) is 5.55. The first-order chi connectivity index (χ1) is 18.2. The van der Waals surface area contributed by atoms with E-state index in [-0.39, 0.29) is 11.8 Å². The van der Waals surface area contributed by atoms with E-state index in [1.807, 2.05) is 29.2 Å². The third kappa shape index (κ3) is 5.76. The lowest BCUT2D eigenvalue weighted by atomic mass is 9.78. The number of rotatable bonds is 4. The lowest BCUT2D eigenvalue weighted by Gasteiger charge is -2.40. The fourth-order valence-corrected chi connectivity index (χ4v) is 7.03. The Morgan fingerprint density at radius 3 is 2.16 bits per heavy atom. The normalized spacial score (nSPS) is 18.0. The summed E-state index contributed by atoms with van der Waals surface area (Å²) in [4.78, 5) is 30.1. The topological polar surface area (TPSA) is 40.6 Å². The first-order valence-corrected chi connectivity index (χ1v) is 14.0. The summed E-state index contributed by atoms with van der Waals surface area (Å²) in [5.74, 6) is 0.829. The van der Waals surface area contributed by atoms with E-state index in [2.05, 4.69) is 0 Å². The SMILES string of the molecule is O=C(C=Cc1cccc(C(F)(F)F)c1)N1CCC(C2CCN(C(=O)c3sc4ccccc4c3Cl)CC2)CC1. The van der Waals surface area contributed by atoms with Crippen LogP contribution in [-0.2, 0) is 11.0 Å². The first kappa shape index (κ1) is 26.8. The summed E-state index contributed by atoms with van der Waals surface area (Å²) in [7, 11) is 0. The number of piperidine rings is 2. The number of carbonyl (C=O) groups is 2. The second-order valence-electron chi connectivity index (χ2n) is 9.99. The largest absolute Gasteiger partial charge is 0.416 e. The first-order valence-electron chi connectivity index (χ1n) is 12.8. The minimum atomic E-state index is -4.41. The highest BCUT2D eigenvalue weighted by molar-refractivity contribution is 7.21. The Bertz CT molecular complexity index is 1350. The second-order valence-corrected chi connectivity index (χ2v) is 11.4. The van der Waals surface area contributed by atoms with Crippen molar-refractivity contribution in [1.29, 1.82) is 0 Å². The average Bonchev–Trinajstić information content (AvgIpc) is 3.27. The van der Waals surface area contributed by atoms with E-state index >= 15 is 0 Å². The van der Waals surface area contributed by atoms with Crippen molar-refractivity contribution >= 4 is 50.9 Å². The smallest absolute Gasteiger partial charge is 0.339 e. The molecule has 4 nitrogen and oxygen atoms in total. The Kier molecular flexibility index (Phi) is 7.82. The molecule has 0 radical (unpaired) electrons. The minimum absolute atomic E-state index is 0.00243. The zero-order valence-electron chi connectivity index (χ0n) is 20.7. The van der Waals surface area contributed by atoms with Gasteiger partial charge in [-0.3, -0.25) is 9.59 Å². The Morgan fingerprint density at radius 2 is 1.53 bits per heavy atom. The van der Waals surface area contributed by atoms with Crippen LogP contribution in [0.2, 0.25) is 5.02 Å². The molecule has 2 aliphatic heterocycles. The van der Waals surface area contributed by atoms with Crippen molar-refractivity contribution in [2.75, 3.05) is 26.2 Å². The summed E-state index contributed by atoms with van der Waals surface area (Å²) in [6.07, 6.45) is 2.04. The molecule has 2 amide bonds. The monoisotopic (exact) mass is 560 g/mol. The van der Waals surface area contributed by atoms with E-state index in [0.717, 1.165) is 47.9 Å². The number of hydrogen-bond donors (Lipinski definition) is 0. The summed E-state index contributed by atoms with van der Waals surface area (Å²) in [6.45, 7) is 2.67. The summed E-state index contributed by atoms with van der Waals surface area (Å²) in [6, 6.07) is 12.7. The number of nitrogens with zero attached hydrogens (tertiary/aromatic N) is 2. The zero-order chi connectivity index (χ0) is 26.9. The van der Waals surface area contributed by atoms with Gasteiger partial charge in [0.2, 0.25) is 5.91 Å². The molecule has 0 N–H and O–H groups in total. The van der Waals surface area contributed by atoms with E-state index in [0.29, 0.717) is 53.5 Å².